The summed E-state index contributed by atoms with van der Waals surface area (Å²) in [6, 6.07) is 0. The number of rotatable bonds is 0. The van der Waals surface area contributed by atoms with Crippen LogP contribution in [0, 0.1) is 0 Å². The van der Waals surface area contributed by atoms with Crippen LogP contribution in [0.4, 0.5) is 4.79 Å². The second-order valence-corrected chi connectivity index (χ2v) is 0.661. The maximum Gasteiger partial charge on any atom is 0.404 e. The number of carboxylic acid groups (broad SMARTS) is 2. The first-order valence-corrected chi connectivity index (χ1v) is 1.67. The third kappa shape index (κ3) is 121. The minimum atomic E-state index is -0.995. The second kappa shape index (κ2) is 9.22. The normalized spacial score (nSPS) is 5.62. The Morgan fingerprint density at radius 2 is 1.88 bits per heavy atom. The van der Waals surface area contributed by atoms with Crippen LogP contribution >= 0.6 is 0 Å². The largest absolute Gasteiger partial charge is 0.483 e. The van der Waals surface area contributed by atoms with Crippen molar-refractivity contribution in [3.05, 3.63) is 0 Å². The molecule has 0 aromatic heterocycles. The molecule has 0 atom stereocenters. The average Bonchev–Trinajstić information content (AvgIpc) is 1.69. The highest BCUT2D eigenvalue weighted by Gasteiger charge is 1.76. The molecule has 48 valence electrons. The van der Waals surface area contributed by atoms with Crippen LogP contribution in [0.15, 0.2) is 0 Å². The average molecular weight is 121 g/mol. The molecule has 0 fully saturated rings. The van der Waals surface area contributed by atoms with Gasteiger partial charge in [0.15, 0.2) is 0 Å². The minimum absolute atomic E-state index is 0.250. The van der Waals surface area contributed by atoms with Gasteiger partial charge >= 0.3 is 6.09 Å². The van der Waals surface area contributed by atoms with Gasteiger partial charge in [-0.2, -0.15) is 0 Å². The second-order valence-electron chi connectivity index (χ2n) is 0.661. The fourth-order valence-corrected chi connectivity index (χ4v) is 0. The summed E-state index contributed by atoms with van der Waals surface area (Å²) in [6.45, 7) is -0.250. The summed E-state index contributed by atoms with van der Waals surface area (Å²) in [5.41, 5.74) is 0. The fraction of sp³-hybridized carbons (Fsp3) is 0.333. The van der Waals surface area contributed by atoms with Gasteiger partial charge in [0.1, 0.15) is 0 Å². The molecule has 0 saturated carbocycles. The molecule has 0 radical (unpaired) electrons. The van der Waals surface area contributed by atoms with Crippen LogP contribution in [-0.2, 0) is 4.79 Å². The summed E-state index contributed by atoms with van der Waals surface area (Å²) in [5, 5.41) is 16.4. The molecule has 0 unspecified atom stereocenters. The zero-order valence-corrected chi connectivity index (χ0v) is 4.29. The molecule has 0 bridgehead atoms. The van der Waals surface area contributed by atoms with E-state index in [1.807, 2.05) is 5.32 Å². The lowest BCUT2D eigenvalue weighted by Gasteiger charge is -1.78. The molecule has 8 heavy (non-hydrogen) atoms. The van der Waals surface area contributed by atoms with Crippen LogP contribution in [0.25, 0.3) is 0 Å². The van der Waals surface area contributed by atoms with Crippen LogP contribution in [0.2, 0.25) is 0 Å². The monoisotopic (exact) mass is 121 g/mol. The first-order chi connectivity index (χ1) is 3.68. The van der Waals surface area contributed by atoms with E-state index < -0.39 is 6.09 Å². The summed E-state index contributed by atoms with van der Waals surface area (Å²) >= 11 is 0. The van der Waals surface area contributed by atoms with Gasteiger partial charge < -0.3 is 15.5 Å². The Balaban J connectivity index is 0. The lowest BCUT2D eigenvalue weighted by Crippen LogP contribution is -2.13. The third-order valence-corrected chi connectivity index (χ3v) is 0.214. The van der Waals surface area contributed by atoms with Gasteiger partial charge in [-0.05, 0) is 0 Å². The summed E-state index contributed by atoms with van der Waals surface area (Å²) < 4.78 is 0. The Bertz CT molecular complexity index is 71.7. The number of hydrogen-bond acceptors (Lipinski definition) is 2. The van der Waals surface area contributed by atoms with Gasteiger partial charge in [0, 0.05) is 7.05 Å². The zero-order valence-electron chi connectivity index (χ0n) is 4.29. The number of hydrogen-bond donors (Lipinski definition) is 3. The van der Waals surface area contributed by atoms with Crippen molar-refractivity contribution in [2.24, 2.45) is 0 Å². The van der Waals surface area contributed by atoms with Crippen molar-refractivity contribution in [3.63, 3.8) is 0 Å². The minimum Gasteiger partial charge on any atom is -0.483 e. The molecule has 0 aliphatic carbocycles. The number of nitrogens with one attached hydrogen (secondary N) is 1. The molecule has 0 aliphatic heterocycles. The zero-order chi connectivity index (χ0) is 6.99. The predicted octanol–water partition coefficient (Wildman–Crippen LogP) is -0.415. The highest BCUT2D eigenvalue weighted by Crippen LogP contribution is 1.45. The Kier molecular flexibility index (Phi) is 11.4. The quantitative estimate of drug-likeness (QED) is 0.380. The van der Waals surface area contributed by atoms with E-state index in [2.05, 4.69) is 0 Å². The summed E-state index contributed by atoms with van der Waals surface area (Å²) in [4.78, 5) is 17.6. The van der Waals surface area contributed by atoms with Crippen molar-refractivity contribution in [1.82, 2.24) is 5.32 Å². The Labute approximate surface area is 45.9 Å². The van der Waals surface area contributed by atoms with Gasteiger partial charge in [0.05, 0.1) is 0 Å². The first-order valence-electron chi connectivity index (χ1n) is 1.67. The summed E-state index contributed by atoms with van der Waals surface area (Å²) in [6.07, 6.45) is -0.995. The van der Waals surface area contributed by atoms with E-state index in [0.29, 0.717) is 0 Å². The standard InChI is InChI=1S/C2H5NO2.CH2O2/c1-3-2(4)5;2-1-3/h3H,1H3,(H,4,5);1H,(H,2,3). The van der Waals surface area contributed by atoms with Crippen LogP contribution in [0.5, 0.6) is 0 Å². The SMILES string of the molecule is CNC(=O)O.O=CO. The topological polar surface area (TPSA) is 86.6 Å². The van der Waals surface area contributed by atoms with E-state index in [0.717, 1.165) is 0 Å². The van der Waals surface area contributed by atoms with Crippen molar-refractivity contribution in [2.45, 2.75) is 0 Å². The molecule has 5 heteroatoms. The van der Waals surface area contributed by atoms with Gasteiger partial charge in [0.2, 0.25) is 0 Å². The lowest BCUT2D eigenvalue weighted by molar-refractivity contribution is -0.122. The molecular formula is C3H7NO4. The van der Waals surface area contributed by atoms with Gasteiger partial charge in [-0.25, -0.2) is 4.79 Å². The molecule has 0 spiro atoms. The molecule has 5 nitrogen and oxygen atoms in total. The number of amides is 1. The van der Waals surface area contributed by atoms with Gasteiger partial charge in [-0.15, -0.1) is 0 Å². The van der Waals surface area contributed by atoms with E-state index in [9.17, 15) is 4.79 Å². The van der Waals surface area contributed by atoms with E-state index >= 15 is 0 Å². The van der Waals surface area contributed by atoms with Crippen molar-refractivity contribution < 1.29 is 19.8 Å². The third-order valence-electron chi connectivity index (χ3n) is 0.214. The van der Waals surface area contributed by atoms with E-state index in [4.69, 9.17) is 15.0 Å². The molecule has 0 saturated heterocycles. The van der Waals surface area contributed by atoms with Crippen LogP contribution in [0.1, 0.15) is 0 Å². The molecule has 0 heterocycles. The maximum absolute atomic E-state index is 9.26. The fourth-order valence-electron chi connectivity index (χ4n) is 0. The van der Waals surface area contributed by atoms with Crippen LogP contribution < -0.4 is 5.32 Å². The smallest absolute Gasteiger partial charge is 0.404 e. The van der Waals surface area contributed by atoms with Crippen molar-refractivity contribution in [1.29, 1.82) is 0 Å². The van der Waals surface area contributed by atoms with Crippen molar-refractivity contribution in [3.8, 4) is 0 Å². The molecule has 0 rings (SSSR count). The first kappa shape index (κ1) is 9.88. The molecule has 0 aliphatic rings. The van der Waals surface area contributed by atoms with Crippen molar-refractivity contribution >= 4 is 12.6 Å². The summed E-state index contributed by atoms with van der Waals surface area (Å²) in [7, 11) is 1.35. The molecule has 0 aromatic rings. The highest BCUT2D eigenvalue weighted by atomic mass is 16.4. The van der Waals surface area contributed by atoms with E-state index in [1.54, 1.807) is 0 Å². The Morgan fingerprint density at radius 1 is 1.75 bits per heavy atom. The van der Waals surface area contributed by atoms with Gasteiger partial charge in [0.25, 0.3) is 6.47 Å². The molecule has 1 amide bonds. The van der Waals surface area contributed by atoms with Gasteiger partial charge in [-0.1, -0.05) is 0 Å². The molecule has 0 aromatic carbocycles. The molecular weight excluding hydrogens is 114 g/mol. The Morgan fingerprint density at radius 3 is 1.88 bits per heavy atom. The highest BCUT2D eigenvalue weighted by molar-refractivity contribution is 5.63. The Hall–Kier alpha value is -1.26. The lowest BCUT2D eigenvalue weighted by atomic mass is 11.1. The van der Waals surface area contributed by atoms with Crippen LogP contribution in [-0.4, -0.2) is 29.8 Å². The van der Waals surface area contributed by atoms with Crippen molar-refractivity contribution in [2.75, 3.05) is 7.05 Å². The molecule has 3 N–H and O–H groups in total. The summed E-state index contributed by atoms with van der Waals surface area (Å²) in [5.74, 6) is 0. The number of carbonyl (C=O) groups is 2. The van der Waals surface area contributed by atoms with Gasteiger partial charge in [-0.3, -0.25) is 4.79 Å². The van der Waals surface area contributed by atoms with Crippen LogP contribution in [0.3, 0.4) is 0 Å². The predicted molar refractivity (Wildman–Crippen MR) is 25.8 cm³/mol. The van der Waals surface area contributed by atoms with E-state index in [1.165, 1.54) is 7.05 Å². The van der Waals surface area contributed by atoms with E-state index in [-0.39, 0.29) is 6.47 Å². The maximum atomic E-state index is 9.26.